The number of benzene rings is 2. The highest BCUT2D eigenvalue weighted by atomic mass is 35.5. The van der Waals surface area contributed by atoms with Crippen molar-refractivity contribution < 1.29 is 14.3 Å². The summed E-state index contributed by atoms with van der Waals surface area (Å²) in [6.45, 7) is -0.291. The summed E-state index contributed by atoms with van der Waals surface area (Å²) in [7, 11) is 1.56. The average Bonchev–Trinajstić information content (AvgIpc) is 3.08. The summed E-state index contributed by atoms with van der Waals surface area (Å²) >= 11 is 5.91. The highest BCUT2D eigenvalue weighted by Crippen LogP contribution is 2.16. The van der Waals surface area contributed by atoms with Gasteiger partial charge in [-0.3, -0.25) is 9.59 Å². The van der Waals surface area contributed by atoms with Crippen LogP contribution in [0.25, 0.3) is 5.65 Å². The average molecular weight is 452 g/mol. The van der Waals surface area contributed by atoms with Crippen molar-refractivity contribution in [2.75, 3.05) is 17.7 Å². The smallest absolute Gasteiger partial charge is 0.350 e. The standard InChI is InChI=1S/C22H18ClN5O4/c1-32-18-8-6-16(7-9-18)25-21(30)14-5-10-19-26-28(22(31)27(19)12-14)13-20(29)24-17-4-2-3-15(23)11-17/h2-12H,13H2,1H3,(H,24,29)(H,25,30). The van der Waals surface area contributed by atoms with Crippen molar-refractivity contribution in [1.29, 1.82) is 0 Å². The maximum Gasteiger partial charge on any atom is 0.350 e. The number of fused-ring (bicyclic) bond motifs is 1. The monoisotopic (exact) mass is 451 g/mol. The van der Waals surface area contributed by atoms with E-state index in [1.807, 2.05) is 0 Å². The molecule has 0 spiro atoms. The largest absolute Gasteiger partial charge is 0.497 e. The van der Waals surface area contributed by atoms with Gasteiger partial charge in [0.05, 0.1) is 12.7 Å². The van der Waals surface area contributed by atoms with Gasteiger partial charge in [-0.1, -0.05) is 17.7 Å². The zero-order valence-electron chi connectivity index (χ0n) is 16.9. The molecule has 4 rings (SSSR count). The van der Waals surface area contributed by atoms with E-state index in [1.54, 1.807) is 61.7 Å². The summed E-state index contributed by atoms with van der Waals surface area (Å²) in [5.41, 5.74) is 1.12. The SMILES string of the molecule is COc1ccc(NC(=O)c2ccc3nn(CC(=O)Nc4cccc(Cl)c4)c(=O)n3c2)cc1. The van der Waals surface area contributed by atoms with Crippen molar-refractivity contribution in [1.82, 2.24) is 14.2 Å². The number of hydrogen-bond acceptors (Lipinski definition) is 5. The number of carbonyl (C=O) groups excluding carboxylic acids is 2. The maximum absolute atomic E-state index is 12.7. The minimum Gasteiger partial charge on any atom is -0.497 e. The van der Waals surface area contributed by atoms with Gasteiger partial charge in [0.25, 0.3) is 5.91 Å². The molecule has 0 radical (unpaired) electrons. The Kier molecular flexibility index (Phi) is 5.91. The third-order valence-corrected chi connectivity index (χ3v) is 4.82. The number of amides is 2. The second kappa shape index (κ2) is 8.94. The van der Waals surface area contributed by atoms with Crippen LogP contribution >= 0.6 is 11.6 Å². The second-order valence-electron chi connectivity index (χ2n) is 6.83. The van der Waals surface area contributed by atoms with Gasteiger partial charge in [0.1, 0.15) is 12.3 Å². The number of halogens is 1. The van der Waals surface area contributed by atoms with Crippen molar-refractivity contribution in [2.45, 2.75) is 6.54 Å². The van der Waals surface area contributed by atoms with Crippen LogP contribution in [0.5, 0.6) is 5.75 Å². The minimum absolute atomic E-state index is 0.262. The summed E-state index contributed by atoms with van der Waals surface area (Å²) in [4.78, 5) is 37.6. The van der Waals surface area contributed by atoms with E-state index in [4.69, 9.17) is 16.3 Å². The lowest BCUT2D eigenvalue weighted by Gasteiger charge is -2.06. The lowest BCUT2D eigenvalue weighted by Crippen LogP contribution is -2.28. The van der Waals surface area contributed by atoms with E-state index in [2.05, 4.69) is 15.7 Å². The molecular formula is C22H18ClN5O4. The van der Waals surface area contributed by atoms with Gasteiger partial charge >= 0.3 is 5.69 Å². The highest BCUT2D eigenvalue weighted by molar-refractivity contribution is 6.30. The Morgan fingerprint density at radius 3 is 2.53 bits per heavy atom. The van der Waals surface area contributed by atoms with Gasteiger partial charge in [-0.15, -0.1) is 5.10 Å². The molecule has 0 aliphatic carbocycles. The zero-order valence-corrected chi connectivity index (χ0v) is 17.7. The molecule has 10 heteroatoms. The Morgan fingerprint density at radius 2 is 1.81 bits per heavy atom. The Hall–Kier alpha value is -4.11. The molecule has 0 saturated carbocycles. The normalized spacial score (nSPS) is 10.7. The number of pyridine rings is 1. The third-order valence-electron chi connectivity index (χ3n) is 4.59. The lowest BCUT2D eigenvalue weighted by molar-refractivity contribution is -0.117. The maximum atomic E-state index is 12.7. The van der Waals surface area contributed by atoms with Crippen molar-refractivity contribution in [3.8, 4) is 5.75 Å². The number of ether oxygens (including phenoxy) is 1. The summed E-state index contributed by atoms with van der Waals surface area (Å²) in [6, 6.07) is 16.6. The van der Waals surface area contributed by atoms with Crippen LogP contribution in [0.3, 0.4) is 0 Å². The summed E-state index contributed by atoms with van der Waals surface area (Å²) in [6.07, 6.45) is 1.38. The molecule has 32 heavy (non-hydrogen) atoms. The quantitative estimate of drug-likeness (QED) is 0.468. The summed E-state index contributed by atoms with van der Waals surface area (Å²) in [5.74, 6) is -0.159. The molecule has 0 fully saturated rings. The molecule has 2 aromatic heterocycles. The zero-order chi connectivity index (χ0) is 22.7. The fraction of sp³-hybridized carbons (Fsp3) is 0.0909. The van der Waals surface area contributed by atoms with Crippen LogP contribution in [0.2, 0.25) is 5.02 Å². The fourth-order valence-electron chi connectivity index (χ4n) is 3.04. The first-order chi connectivity index (χ1) is 15.4. The Morgan fingerprint density at radius 1 is 1.03 bits per heavy atom. The summed E-state index contributed by atoms with van der Waals surface area (Å²) < 4.78 is 7.34. The molecule has 0 atom stereocenters. The molecule has 2 N–H and O–H groups in total. The number of nitrogens with zero attached hydrogens (tertiary/aromatic N) is 3. The molecular weight excluding hydrogens is 434 g/mol. The van der Waals surface area contributed by atoms with Gasteiger partial charge in [0.2, 0.25) is 5.91 Å². The van der Waals surface area contributed by atoms with E-state index >= 15 is 0 Å². The third kappa shape index (κ3) is 4.62. The molecule has 0 saturated heterocycles. The molecule has 0 unspecified atom stereocenters. The topological polar surface area (TPSA) is 107 Å². The number of methoxy groups -OCH3 is 1. The van der Waals surface area contributed by atoms with E-state index < -0.39 is 17.5 Å². The van der Waals surface area contributed by atoms with Crippen LogP contribution in [0, 0.1) is 0 Å². The van der Waals surface area contributed by atoms with Crippen molar-refractivity contribution in [2.24, 2.45) is 0 Å². The van der Waals surface area contributed by atoms with Crippen LogP contribution < -0.4 is 21.1 Å². The number of hydrogen-bond donors (Lipinski definition) is 2. The molecule has 2 heterocycles. The Labute approximate surface area is 187 Å². The van der Waals surface area contributed by atoms with Gasteiger partial charge in [-0.2, -0.15) is 0 Å². The van der Waals surface area contributed by atoms with Gasteiger partial charge in [0, 0.05) is 22.6 Å². The van der Waals surface area contributed by atoms with Crippen LogP contribution in [0.4, 0.5) is 11.4 Å². The Bertz CT molecular complexity index is 1360. The van der Waals surface area contributed by atoms with Crippen LogP contribution in [0.15, 0.2) is 71.7 Å². The van der Waals surface area contributed by atoms with Gasteiger partial charge in [-0.25, -0.2) is 13.9 Å². The van der Waals surface area contributed by atoms with Crippen molar-refractivity contribution >= 4 is 40.4 Å². The van der Waals surface area contributed by atoms with E-state index in [0.717, 1.165) is 4.68 Å². The molecule has 9 nitrogen and oxygen atoms in total. The lowest BCUT2D eigenvalue weighted by atomic mass is 10.2. The molecule has 162 valence electrons. The van der Waals surface area contributed by atoms with Crippen LogP contribution in [0.1, 0.15) is 10.4 Å². The molecule has 4 aromatic rings. The van der Waals surface area contributed by atoms with Gasteiger partial charge < -0.3 is 15.4 Å². The number of aromatic nitrogens is 3. The van der Waals surface area contributed by atoms with E-state index in [1.165, 1.54) is 16.7 Å². The predicted molar refractivity (Wildman–Crippen MR) is 120 cm³/mol. The number of carbonyl (C=O) groups is 2. The van der Waals surface area contributed by atoms with Crippen LogP contribution in [-0.2, 0) is 11.3 Å². The molecule has 0 aliphatic heterocycles. The highest BCUT2D eigenvalue weighted by Gasteiger charge is 2.14. The minimum atomic E-state index is -0.541. The van der Waals surface area contributed by atoms with Crippen molar-refractivity contribution in [3.05, 3.63) is 87.9 Å². The number of nitrogens with one attached hydrogen (secondary N) is 2. The van der Waals surface area contributed by atoms with Gasteiger partial charge in [0.15, 0.2) is 5.65 Å². The molecule has 0 aliphatic rings. The predicted octanol–water partition coefficient (Wildman–Crippen LogP) is 3.05. The first kappa shape index (κ1) is 21.1. The Balaban J connectivity index is 1.50. The van der Waals surface area contributed by atoms with Gasteiger partial charge in [-0.05, 0) is 54.6 Å². The number of anilines is 2. The van der Waals surface area contributed by atoms with E-state index in [9.17, 15) is 14.4 Å². The number of rotatable bonds is 6. The second-order valence-corrected chi connectivity index (χ2v) is 7.26. The summed E-state index contributed by atoms with van der Waals surface area (Å²) in [5, 5.41) is 10.0. The molecule has 2 aromatic carbocycles. The fourth-order valence-corrected chi connectivity index (χ4v) is 3.23. The van der Waals surface area contributed by atoms with E-state index in [0.29, 0.717) is 27.8 Å². The molecule has 0 bridgehead atoms. The molecule has 2 amide bonds. The van der Waals surface area contributed by atoms with Crippen LogP contribution in [-0.4, -0.2) is 33.1 Å². The first-order valence-electron chi connectivity index (χ1n) is 9.53. The first-order valence-corrected chi connectivity index (χ1v) is 9.91. The van der Waals surface area contributed by atoms with E-state index in [-0.39, 0.29) is 12.1 Å². The van der Waals surface area contributed by atoms with Crippen molar-refractivity contribution in [3.63, 3.8) is 0 Å².